The van der Waals surface area contributed by atoms with Gasteiger partial charge in [-0.1, -0.05) is 78.4 Å². The van der Waals surface area contributed by atoms with Crippen molar-refractivity contribution in [1.29, 1.82) is 0 Å². The summed E-state index contributed by atoms with van der Waals surface area (Å²) in [5.74, 6) is 1.58. The highest BCUT2D eigenvalue weighted by Gasteiger charge is 2.04. The Labute approximate surface area is 173 Å². The van der Waals surface area contributed by atoms with Gasteiger partial charge in [0.05, 0.1) is 0 Å². The second-order valence-corrected chi connectivity index (χ2v) is 7.14. The molecule has 0 bridgehead atoms. The lowest BCUT2D eigenvalue weighted by atomic mass is 10.0. The van der Waals surface area contributed by atoms with Crippen molar-refractivity contribution in [3.8, 4) is 33.8 Å². The van der Waals surface area contributed by atoms with Crippen molar-refractivity contribution in [1.82, 2.24) is 0 Å². The third-order valence-corrected chi connectivity index (χ3v) is 5.00. The first-order valence-corrected chi connectivity index (χ1v) is 9.78. The summed E-state index contributed by atoms with van der Waals surface area (Å²) in [4.78, 5) is 0. The molecule has 4 aromatic rings. The maximum absolute atomic E-state index is 5.74. The average Bonchev–Trinajstić information content (AvgIpc) is 2.76. The largest absolute Gasteiger partial charge is 0.576 e. The second kappa shape index (κ2) is 8.70. The van der Waals surface area contributed by atoms with Crippen molar-refractivity contribution in [2.45, 2.75) is 13.8 Å². The number of aryl methyl sites for hydroxylation is 2. The molecule has 0 aliphatic carbocycles. The van der Waals surface area contributed by atoms with Gasteiger partial charge in [-0.2, -0.15) is 0 Å². The van der Waals surface area contributed by atoms with Crippen LogP contribution >= 0.6 is 0 Å². The SMILES string of the molecule is Cc1ccc(-c2ccc(OBOc3ccc(-c4ccccc4C)cc3)cc2)cc1. The van der Waals surface area contributed by atoms with Crippen LogP contribution in [0.15, 0.2) is 97.1 Å². The number of benzene rings is 4. The topological polar surface area (TPSA) is 18.5 Å². The van der Waals surface area contributed by atoms with Gasteiger partial charge in [0, 0.05) is 0 Å². The molecule has 0 aliphatic rings. The van der Waals surface area contributed by atoms with E-state index in [9.17, 15) is 0 Å². The molecule has 142 valence electrons. The third kappa shape index (κ3) is 4.70. The fraction of sp³-hybridized carbons (Fsp3) is 0.0769. The Morgan fingerprint density at radius 2 is 1.00 bits per heavy atom. The molecule has 0 radical (unpaired) electrons. The first-order chi connectivity index (χ1) is 14.2. The highest BCUT2D eigenvalue weighted by atomic mass is 16.6. The van der Waals surface area contributed by atoms with E-state index in [1.165, 1.54) is 33.4 Å². The summed E-state index contributed by atoms with van der Waals surface area (Å²) < 4.78 is 11.5. The maximum Gasteiger partial charge on any atom is 0.576 e. The molecule has 0 aromatic heterocycles. The predicted molar refractivity (Wildman–Crippen MR) is 122 cm³/mol. The van der Waals surface area contributed by atoms with Crippen molar-refractivity contribution in [2.24, 2.45) is 0 Å². The predicted octanol–water partition coefficient (Wildman–Crippen LogP) is 6.36. The molecule has 2 nitrogen and oxygen atoms in total. The Hall–Kier alpha value is -3.46. The van der Waals surface area contributed by atoms with Gasteiger partial charge in [0.25, 0.3) is 0 Å². The van der Waals surface area contributed by atoms with E-state index in [1.807, 2.05) is 24.3 Å². The lowest BCUT2D eigenvalue weighted by Gasteiger charge is -2.10. The number of rotatable bonds is 6. The highest BCUT2D eigenvalue weighted by molar-refractivity contribution is 6.20. The molecule has 0 saturated carbocycles. The van der Waals surface area contributed by atoms with E-state index in [4.69, 9.17) is 9.31 Å². The second-order valence-electron chi connectivity index (χ2n) is 7.14. The summed E-state index contributed by atoms with van der Waals surface area (Å²) in [5.41, 5.74) is 7.32. The smallest absolute Gasteiger partial charge is 0.529 e. The van der Waals surface area contributed by atoms with Gasteiger partial charge in [0.2, 0.25) is 0 Å². The summed E-state index contributed by atoms with van der Waals surface area (Å²) in [6, 6.07) is 33.1. The van der Waals surface area contributed by atoms with E-state index in [0.29, 0.717) is 0 Å². The zero-order chi connectivity index (χ0) is 20.1. The van der Waals surface area contributed by atoms with Crippen LogP contribution < -0.4 is 9.31 Å². The van der Waals surface area contributed by atoms with Crippen molar-refractivity contribution < 1.29 is 9.31 Å². The van der Waals surface area contributed by atoms with Crippen molar-refractivity contribution in [3.63, 3.8) is 0 Å². The molecule has 3 heteroatoms. The summed E-state index contributed by atoms with van der Waals surface area (Å²) >= 11 is 0. The van der Waals surface area contributed by atoms with E-state index < -0.39 is 0 Å². The Bertz CT molecular complexity index is 1070. The van der Waals surface area contributed by atoms with E-state index in [-0.39, 0.29) is 7.69 Å². The molecular formula is C26H23BO2. The first kappa shape index (κ1) is 18.9. The third-order valence-electron chi connectivity index (χ3n) is 5.00. The van der Waals surface area contributed by atoms with Crippen molar-refractivity contribution in [2.75, 3.05) is 0 Å². The summed E-state index contributed by atoms with van der Waals surface area (Å²) in [6.07, 6.45) is 0. The molecule has 0 N–H and O–H groups in total. The van der Waals surface area contributed by atoms with Crippen LogP contribution in [0.4, 0.5) is 0 Å². The van der Waals surface area contributed by atoms with Crippen LogP contribution in [0.1, 0.15) is 11.1 Å². The van der Waals surface area contributed by atoms with Crippen LogP contribution in [0.3, 0.4) is 0 Å². The normalized spacial score (nSPS) is 10.4. The molecule has 0 unspecified atom stereocenters. The molecule has 29 heavy (non-hydrogen) atoms. The summed E-state index contributed by atoms with van der Waals surface area (Å²) in [5, 5.41) is 0. The minimum atomic E-state index is 0.174. The molecule has 0 saturated heterocycles. The van der Waals surface area contributed by atoms with Crippen LogP contribution in [0.5, 0.6) is 11.5 Å². The molecule has 0 atom stereocenters. The van der Waals surface area contributed by atoms with E-state index in [2.05, 4.69) is 86.6 Å². The van der Waals surface area contributed by atoms with Crippen LogP contribution in [0.25, 0.3) is 22.3 Å². The fourth-order valence-electron chi connectivity index (χ4n) is 3.28. The molecule has 4 aromatic carbocycles. The molecule has 4 rings (SSSR count). The summed E-state index contributed by atoms with van der Waals surface area (Å²) in [7, 11) is 0.174. The van der Waals surface area contributed by atoms with Crippen LogP contribution in [-0.2, 0) is 0 Å². The molecule has 0 amide bonds. The van der Waals surface area contributed by atoms with Gasteiger partial charge in [0.15, 0.2) is 0 Å². The van der Waals surface area contributed by atoms with Gasteiger partial charge in [-0.25, -0.2) is 0 Å². The molecular weight excluding hydrogens is 355 g/mol. The van der Waals surface area contributed by atoms with Gasteiger partial charge in [-0.05, 0) is 65.9 Å². The van der Waals surface area contributed by atoms with Gasteiger partial charge >= 0.3 is 7.69 Å². The molecule has 0 heterocycles. The fourth-order valence-corrected chi connectivity index (χ4v) is 3.28. The quantitative estimate of drug-likeness (QED) is 0.364. The van der Waals surface area contributed by atoms with Crippen molar-refractivity contribution >= 4 is 7.69 Å². The highest BCUT2D eigenvalue weighted by Crippen LogP contribution is 2.26. The molecule has 0 fully saturated rings. The molecule has 0 aliphatic heterocycles. The Kier molecular flexibility index (Phi) is 5.67. The van der Waals surface area contributed by atoms with Gasteiger partial charge in [-0.3, -0.25) is 0 Å². The monoisotopic (exact) mass is 378 g/mol. The van der Waals surface area contributed by atoms with E-state index in [1.54, 1.807) is 0 Å². The standard InChI is InChI=1S/C26H23BO2/c1-19-7-9-21(10-8-19)22-11-15-24(16-12-22)28-27-29-25-17-13-23(14-18-25)26-6-4-3-5-20(26)2/h3-18,27H,1-2H3. The van der Waals surface area contributed by atoms with Gasteiger partial charge in [0.1, 0.15) is 11.5 Å². The van der Waals surface area contributed by atoms with Gasteiger partial charge in [-0.15, -0.1) is 0 Å². The van der Waals surface area contributed by atoms with Crippen molar-refractivity contribution in [3.05, 3.63) is 108 Å². The Morgan fingerprint density at radius 1 is 0.517 bits per heavy atom. The van der Waals surface area contributed by atoms with Crippen LogP contribution in [-0.4, -0.2) is 7.69 Å². The Balaban J connectivity index is 1.33. The average molecular weight is 378 g/mol. The van der Waals surface area contributed by atoms with E-state index in [0.717, 1.165) is 11.5 Å². The lowest BCUT2D eigenvalue weighted by molar-refractivity contribution is 0.459. The van der Waals surface area contributed by atoms with Crippen LogP contribution in [0.2, 0.25) is 0 Å². The minimum absolute atomic E-state index is 0.174. The Morgan fingerprint density at radius 3 is 1.55 bits per heavy atom. The van der Waals surface area contributed by atoms with Gasteiger partial charge < -0.3 is 9.31 Å². The lowest BCUT2D eigenvalue weighted by Crippen LogP contribution is -2.10. The zero-order valence-electron chi connectivity index (χ0n) is 16.8. The van der Waals surface area contributed by atoms with Crippen LogP contribution in [0, 0.1) is 13.8 Å². The maximum atomic E-state index is 5.74. The first-order valence-electron chi connectivity index (χ1n) is 9.78. The van der Waals surface area contributed by atoms with E-state index >= 15 is 0 Å². The number of hydrogen-bond acceptors (Lipinski definition) is 2. The minimum Gasteiger partial charge on any atom is -0.529 e. The molecule has 0 spiro atoms. The summed E-state index contributed by atoms with van der Waals surface area (Å²) in [6.45, 7) is 4.22. The zero-order valence-corrected chi connectivity index (χ0v) is 16.8. The number of hydrogen-bond donors (Lipinski definition) is 0.